The first kappa shape index (κ1) is 26.7. The molecule has 3 aromatic rings. The van der Waals surface area contributed by atoms with Crippen LogP contribution < -0.4 is 14.8 Å². The summed E-state index contributed by atoms with van der Waals surface area (Å²) in [6, 6.07) is 16.6. The fourth-order valence-corrected chi connectivity index (χ4v) is 4.93. The van der Waals surface area contributed by atoms with E-state index in [1.54, 1.807) is 13.1 Å². The third-order valence-electron chi connectivity index (χ3n) is 5.70. The topological polar surface area (TPSA) is 114 Å². The summed E-state index contributed by atoms with van der Waals surface area (Å²) in [5.74, 6) is 1.53. The largest absolute Gasteiger partial charge is 0.457 e. The van der Waals surface area contributed by atoms with Gasteiger partial charge in [-0.2, -0.15) is 0 Å². The molecule has 2 aromatic carbocycles. The molecule has 0 atom stereocenters. The average Bonchev–Trinajstić information content (AvgIpc) is 2.78. The number of hydrogen-bond acceptors (Lipinski definition) is 7. The van der Waals surface area contributed by atoms with Crippen LogP contribution >= 0.6 is 0 Å². The molecule has 0 aliphatic carbocycles. The van der Waals surface area contributed by atoms with Crippen LogP contribution in [0.1, 0.15) is 30.5 Å². The van der Waals surface area contributed by atoms with Crippen LogP contribution in [0.5, 0.6) is 11.5 Å². The highest BCUT2D eigenvalue weighted by Crippen LogP contribution is 2.29. The Morgan fingerprint density at radius 2 is 1.57 bits per heavy atom. The number of aromatic nitrogens is 1. The zero-order chi connectivity index (χ0) is 25.9. The number of pyridine rings is 1. The fraction of sp³-hybridized carbons (Fsp3) is 0.320. The van der Waals surface area contributed by atoms with Crippen LogP contribution in [0.25, 0.3) is 0 Å². The molecule has 0 radical (unpaired) electrons. The van der Waals surface area contributed by atoms with Crippen LogP contribution in [0.4, 0.5) is 5.82 Å². The quantitative estimate of drug-likeness (QED) is 0.414. The maximum absolute atomic E-state index is 13.1. The highest BCUT2D eigenvalue weighted by atomic mass is 32.2. The fourth-order valence-electron chi connectivity index (χ4n) is 3.08. The van der Waals surface area contributed by atoms with Gasteiger partial charge in [0.1, 0.15) is 22.2 Å². The molecule has 8 nitrogen and oxygen atoms in total. The van der Waals surface area contributed by atoms with E-state index >= 15 is 0 Å². The van der Waals surface area contributed by atoms with E-state index in [2.05, 4.69) is 15.0 Å². The molecule has 1 aromatic heterocycles. The number of nitrogens with zero attached hydrogens (tertiary/aromatic N) is 1. The van der Waals surface area contributed by atoms with E-state index in [9.17, 15) is 16.8 Å². The average molecular weight is 518 g/mol. The van der Waals surface area contributed by atoms with Crippen molar-refractivity contribution in [3.8, 4) is 11.5 Å². The minimum Gasteiger partial charge on any atom is -0.457 e. The molecule has 0 fully saturated rings. The summed E-state index contributed by atoms with van der Waals surface area (Å²) in [6.45, 7) is 6.64. The first-order valence-corrected chi connectivity index (χ1v) is 14.4. The third-order valence-corrected chi connectivity index (χ3v) is 9.27. The molecule has 0 spiro atoms. The number of ether oxygens (including phenoxy) is 1. The number of rotatable bonds is 10. The summed E-state index contributed by atoms with van der Waals surface area (Å²) in [7, 11) is -7.52. The predicted octanol–water partition coefficient (Wildman–Crippen LogP) is 4.20. The molecule has 0 saturated heterocycles. The van der Waals surface area contributed by atoms with Gasteiger partial charge >= 0.3 is 0 Å². The van der Waals surface area contributed by atoms with E-state index in [1.807, 2.05) is 55.5 Å². The van der Waals surface area contributed by atoms with Crippen molar-refractivity contribution in [3.63, 3.8) is 0 Å². The van der Waals surface area contributed by atoms with Gasteiger partial charge in [0, 0.05) is 31.1 Å². The molecule has 0 unspecified atom stereocenters. The van der Waals surface area contributed by atoms with Crippen LogP contribution in [0.15, 0.2) is 65.7 Å². The van der Waals surface area contributed by atoms with Gasteiger partial charge in [0.15, 0.2) is 9.84 Å². The van der Waals surface area contributed by atoms with Crippen LogP contribution in [0, 0.1) is 13.8 Å². The van der Waals surface area contributed by atoms with Gasteiger partial charge in [-0.15, -0.1) is 0 Å². The van der Waals surface area contributed by atoms with Crippen molar-refractivity contribution < 1.29 is 21.6 Å². The number of benzene rings is 2. The zero-order valence-corrected chi connectivity index (χ0v) is 22.1. The van der Waals surface area contributed by atoms with Crippen LogP contribution in [-0.4, -0.2) is 39.4 Å². The number of aryl methyl sites for hydroxylation is 2. The number of hydrogen-bond donors (Lipinski definition) is 2. The van der Waals surface area contributed by atoms with Gasteiger partial charge in [0.25, 0.3) is 0 Å². The highest BCUT2D eigenvalue weighted by Gasteiger charge is 2.32. The Kier molecular flexibility index (Phi) is 7.88. The third kappa shape index (κ3) is 6.59. The van der Waals surface area contributed by atoms with Gasteiger partial charge in [-0.3, -0.25) is 0 Å². The Balaban J connectivity index is 1.84. The first-order valence-electron chi connectivity index (χ1n) is 11.0. The second-order valence-electron chi connectivity index (χ2n) is 9.04. The number of anilines is 1. The summed E-state index contributed by atoms with van der Waals surface area (Å²) < 4.78 is 57.5. The second-order valence-corrected chi connectivity index (χ2v) is 13.4. The minimum absolute atomic E-state index is 0.0564. The van der Waals surface area contributed by atoms with Gasteiger partial charge < -0.3 is 10.1 Å². The molecule has 2 N–H and O–H groups in total. The highest BCUT2D eigenvalue weighted by molar-refractivity contribution is 7.92. The number of para-hydroxylation sites is 2. The zero-order valence-electron chi connectivity index (χ0n) is 20.5. The molecule has 0 saturated carbocycles. The van der Waals surface area contributed by atoms with Gasteiger partial charge in [0.2, 0.25) is 10.0 Å². The van der Waals surface area contributed by atoms with Crippen molar-refractivity contribution in [2.45, 2.75) is 43.9 Å². The Bertz CT molecular complexity index is 1420. The Morgan fingerprint density at radius 1 is 0.943 bits per heavy atom. The van der Waals surface area contributed by atoms with E-state index in [0.29, 0.717) is 11.3 Å². The second kappa shape index (κ2) is 10.3. The molecule has 3 rings (SSSR count). The molecule has 0 aliphatic heterocycles. The van der Waals surface area contributed by atoms with E-state index in [-0.39, 0.29) is 23.8 Å². The lowest BCUT2D eigenvalue weighted by Crippen LogP contribution is -2.43. The van der Waals surface area contributed by atoms with Crippen molar-refractivity contribution >= 4 is 25.7 Å². The first-order chi connectivity index (χ1) is 16.3. The molecule has 35 heavy (non-hydrogen) atoms. The van der Waals surface area contributed by atoms with E-state index < -0.39 is 24.6 Å². The lowest BCUT2D eigenvalue weighted by molar-refractivity contribution is 0.473. The summed E-state index contributed by atoms with van der Waals surface area (Å²) in [4.78, 5) is 4.23. The van der Waals surface area contributed by atoms with Crippen molar-refractivity contribution in [1.82, 2.24) is 9.71 Å². The summed E-state index contributed by atoms with van der Waals surface area (Å²) in [5, 5.41) is 3.10. The maximum Gasteiger partial charge on any atom is 0.244 e. The minimum atomic E-state index is -4.05. The van der Waals surface area contributed by atoms with Crippen molar-refractivity contribution in [3.05, 3.63) is 77.5 Å². The molecular formula is C25H31N3O5S2. The monoisotopic (exact) mass is 517 g/mol. The maximum atomic E-state index is 13.1. The van der Waals surface area contributed by atoms with Crippen LogP contribution in [0.2, 0.25) is 0 Å². The summed E-state index contributed by atoms with van der Waals surface area (Å²) >= 11 is 0. The normalized spacial score (nSPS) is 12.4. The lowest BCUT2D eigenvalue weighted by Gasteiger charge is -2.23. The van der Waals surface area contributed by atoms with Gasteiger partial charge in [0.05, 0.1) is 4.75 Å². The standard InChI is InChI=1S/C25H31N3O5S2/c1-18-14-23(35(31,32)28-17-25(3,4)34(5,29)30)24(26-15-18)27-16-20-11-7-9-13-22(20)33-21-12-8-6-10-19(21)2/h6-15,28H,16-17H2,1-5H3,(H,26,27). The SMILES string of the molecule is Cc1cnc(NCc2ccccc2Oc2ccccc2C)c(S(=O)(=O)NCC(C)(C)S(C)(=O)=O)c1. The number of nitrogens with one attached hydrogen (secondary N) is 2. The Morgan fingerprint density at radius 3 is 2.23 bits per heavy atom. The number of sulfonamides is 1. The molecule has 188 valence electrons. The van der Waals surface area contributed by atoms with Crippen molar-refractivity contribution in [2.24, 2.45) is 0 Å². The summed E-state index contributed by atoms with van der Waals surface area (Å²) in [5.41, 5.74) is 2.46. The lowest BCUT2D eigenvalue weighted by atomic mass is 10.2. The molecule has 1 heterocycles. The van der Waals surface area contributed by atoms with Crippen LogP contribution in [0.3, 0.4) is 0 Å². The summed E-state index contributed by atoms with van der Waals surface area (Å²) in [6.07, 6.45) is 2.65. The Hall–Kier alpha value is -2.95. The van der Waals surface area contributed by atoms with Crippen molar-refractivity contribution in [1.29, 1.82) is 0 Å². The molecular weight excluding hydrogens is 486 g/mol. The molecule has 0 aliphatic rings. The van der Waals surface area contributed by atoms with Gasteiger partial charge in [-0.1, -0.05) is 36.4 Å². The van der Waals surface area contributed by atoms with Crippen molar-refractivity contribution in [2.75, 3.05) is 18.1 Å². The van der Waals surface area contributed by atoms with Crippen LogP contribution in [-0.2, 0) is 26.4 Å². The van der Waals surface area contributed by atoms with E-state index in [4.69, 9.17) is 4.74 Å². The van der Waals surface area contributed by atoms with E-state index in [0.717, 1.165) is 23.1 Å². The Labute approximate surface area is 207 Å². The predicted molar refractivity (Wildman–Crippen MR) is 138 cm³/mol. The number of sulfone groups is 1. The molecule has 0 bridgehead atoms. The molecule has 0 amide bonds. The molecule has 10 heteroatoms. The van der Waals surface area contributed by atoms with E-state index in [1.165, 1.54) is 19.9 Å². The smallest absolute Gasteiger partial charge is 0.244 e. The van der Waals surface area contributed by atoms with Gasteiger partial charge in [-0.05, 0) is 57.0 Å². The van der Waals surface area contributed by atoms with Gasteiger partial charge in [-0.25, -0.2) is 26.5 Å².